The third-order valence-corrected chi connectivity index (χ3v) is 4.71. The largest absolute Gasteiger partial charge is 0.384 e. The summed E-state index contributed by atoms with van der Waals surface area (Å²) in [5.74, 6) is 1.71. The SMILES string of the molecule is Cn1ccnc1[C@@H](NC(=O)c1cccc(-c2cccc(N)n2)c1)C1CC1. The molecule has 6 heteroatoms. The second-order valence-corrected chi connectivity index (χ2v) is 6.71. The van der Waals surface area contributed by atoms with Crippen LogP contribution in [0.5, 0.6) is 0 Å². The number of aryl methyl sites for hydroxylation is 1. The molecule has 2 aromatic heterocycles. The van der Waals surface area contributed by atoms with E-state index in [1.165, 1.54) is 0 Å². The van der Waals surface area contributed by atoms with Gasteiger partial charge in [-0.25, -0.2) is 9.97 Å². The summed E-state index contributed by atoms with van der Waals surface area (Å²) in [6.45, 7) is 0. The van der Waals surface area contributed by atoms with Crippen molar-refractivity contribution in [3.63, 3.8) is 0 Å². The van der Waals surface area contributed by atoms with Crippen molar-refractivity contribution in [2.24, 2.45) is 13.0 Å². The Morgan fingerprint density at radius 2 is 2.08 bits per heavy atom. The van der Waals surface area contributed by atoms with Gasteiger partial charge in [-0.1, -0.05) is 18.2 Å². The highest BCUT2D eigenvalue weighted by Crippen LogP contribution is 2.40. The lowest BCUT2D eigenvalue weighted by molar-refractivity contribution is 0.0929. The van der Waals surface area contributed by atoms with E-state index in [4.69, 9.17) is 5.73 Å². The number of rotatable bonds is 5. The van der Waals surface area contributed by atoms with Crippen molar-refractivity contribution in [2.45, 2.75) is 18.9 Å². The first-order valence-corrected chi connectivity index (χ1v) is 8.73. The number of nitrogens with one attached hydrogen (secondary N) is 1. The molecule has 3 N–H and O–H groups in total. The van der Waals surface area contributed by atoms with E-state index in [1.54, 1.807) is 12.3 Å². The van der Waals surface area contributed by atoms with Crippen molar-refractivity contribution in [1.82, 2.24) is 19.9 Å². The predicted octanol–water partition coefficient (Wildman–Crippen LogP) is 2.95. The highest BCUT2D eigenvalue weighted by molar-refractivity contribution is 5.95. The number of carbonyl (C=O) groups excluding carboxylic acids is 1. The normalized spacial score (nSPS) is 14.8. The molecule has 6 nitrogen and oxygen atoms in total. The maximum Gasteiger partial charge on any atom is 0.251 e. The summed E-state index contributed by atoms with van der Waals surface area (Å²) in [5, 5.41) is 3.16. The minimum Gasteiger partial charge on any atom is -0.384 e. The molecule has 0 spiro atoms. The zero-order valence-corrected chi connectivity index (χ0v) is 14.6. The van der Waals surface area contributed by atoms with Crippen LogP contribution in [-0.4, -0.2) is 20.4 Å². The highest BCUT2D eigenvalue weighted by Gasteiger charge is 2.35. The van der Waals surface area contributed by atoms with Gasteiger partial charge in [0.05, 0.1) is 11.7 Å². The van der Waals surface area contributed by atoms with Crippen LogP contribution in [0.1, 0.15) is 35.1 Å². The zero-order valence-electron chi connectivity index (χ0n) is 14.6. The van der Waals surface area contributed by atoms with Crippen molar-refractivity contribution in [2.75, 3.05) is 5.73 Å². The van der Waals surface area contributed by atoms with Gasteiger partial charge in [0.25, 0.3) is 5.91 Å². The van der Waals surface area contributed by atoms with Crippen LogP contribution in [0.3, 0.4) is 0 Å². The molecule has 132 valence electrons. The first-order valence-electron chi connectivity index (χ1n) is 8.73. The molecule has 1 atom stereocenters. The van der Waals surface area contributed by atoms with E-state index in [9.17, 15) is 4.79 Å². The second-order valence-electron chi connectivity index (χ2n) is 6.71. The number of carbonyl (C=O) groups is 1. The molecule has 0 aliphatic heterocycles. The first kappa shape index (κ1) is 16.3. The van der Waals surface area contributed by atoms with Gasteiger partial charge in [-0.05, 0) is 43.0 Å². The smallest absolute Gasteiger partial charge is 0.251 e. The third kappa shape index (κ3) is 3.31. The Kier molecular flexibility index (Phi) is 4.16. The molecule has 3 aromatic rings. The van der Waals surface area contributed by atoms with Crippen molar-refractivity contribution < 1.29 is 4.79 Å². The van der Waals surface area contributed by atoms with Crippen molar-refractivity contribution in [3.05, 3.63) is 66.2 Å². The van der Waals surface area contributed by atoms with E-state index in [1.807, 2.05) is 54.2 Å². The van der Waals surface area contributed by atoms with E-state index in [-0.39, 0.29) is 11.9 Å². The fourth-order valence-electron chi connectivity index (χ4n) is 3.16. The van der Waals surface area contributed by atoms with Crippen LogP contribution in [-0.2, 0) is 7.05 Å². The number of hydrogen-bond donors (Lipinski definition) is 2. The monoisotopic (exact) mass is 347 g/mol. The van der Waals surface area contributed by atoms with Crippen LogP contribution in [0.2, 0.25) is 0 Å². The van der Waals surface area contributed by atoms with Crippen molar-refractivity contribution >= 4 is 11.7 Å². The molecular weight excluding hydrogens is 326 g/mol. The van der Waals surface area contributed by atoms with Crippen LogP contribution < -0.4 is 11.1 Å². The molecule has 4 rings (SSSR count). The summed E-state index contributed by atoms with van der Waals surface area (Å²) >= 11 is 0. The number of pyridine rings is 1. The standard InChI is InChI=1S/C20H21N5O/c1-25-11-10-22-19(25)18(13-8-9-13)24-20(26)15-5-2-4-14(12-15)16-6-3-7-17(21)23-16/h2-7,10-13,18H,8-9H2,1H3,(H2,21,23)(H,24,26)/t18-/m0/s1. The predicted molar refractivity (Wildman–Crippen MR) is 100 cm³/mol. The topological polar surface area (TPSA) is 85.8 Å². The second kappa shape index (κ2) is 6.63. The fraction of sp³-hybridized carbons (Fsp3) is 0.250. The lowest BCUT2D eigenvalue weighted by Crippen LogP contribution is -2.31. The van der Waals surface area contributed by atoms with Crippen molar-refractivity contribution in [1.29, 1.82) is 0 Å². The number of benzene rings is 1. The van der Waals surface area contributed by atoms with Crippen LogP contribution in [0.4, 0.5) is 5.82 Å². The maximum absolute atomic E-state index is 12.9. The Labute approximate surface area is 152 Å². The lowest BCUT2D eigenvalue weighted by atomic mass is 10.1. The minimum absolute atomic E-state index is 0.0587. The summed E-state index contributed by atoms with van der Waals surface area (Å²) in [4.78, 5) is 21.6. The molecule has 26 heavy (non-hydrogen) atoms. The van der Waals surface area contributed by atoms with E-state index in [0.29, 0.717) is 17.3 Å². The molecule has 2 heterocycles. The average molecular weight is 347 g/mol. The summed E-state index contributed by atoms with van der Waals surface area (Å²) in [6, 6.07) is 12.9. The van der Waals surface area contributed by atoms with Gasteiger partial charge >= 0.3 is 0 Å². The van der Waals surface area contributed by atoms with E-state index in [2.05, 4.69) is 15.3 Å². The van der Waals surface area contributed by atoms with Gasteiger partial charge in [-0.3, -0.25) is 4.79 Å². The summed E-state index contributed by atoms with van der Waals surface area (Å²) in [5.41, 5.74) is 7.99. The molecule has 0 saturated heterocycles. The molecule has 1 saturated carbocycles. The first-order chi connectivity index (χ1) is 12.6. The highest BCUT2D eigenvalue weighted by atomic mass is 16.1. The lowest BCUT2D eigenvalue weighted by Gasteiger charge is -2.18. The summed E-state index contributed by atoms with van der Waals surface area (Å²) in [6.07, 6.45) is 5.90. The van der Waals surface area contributed by atoms with Crippen LogP contribution in [0, 0.1) is 5.92 Å². The van der Waals surface area contributed by atoms with Crippen molar-refractivity contribution in [3.8, 4) is 11.3 Å². The number of imidazole rings is 1. The van der Waals surface area contributed by atoms with E-state index < -0.39 is 0 Å². The van der Waals surface area contributed by atoms with Crippen LogP contribution in [0.15, 0.2) is 54.9 Å². The molecule has 0 unspecified atom stereocenters. The average Bonchev–Trinajstić information content (AvgIpc) is 3.41. The Hall–Kier alpha value is -3.15. The van der Waals surface area contributed by atoms with Crippen LogP contribution in [0.25, 0.3) is 11.3 Å². The number of hydrogen-bond acceptors (Lipinski definition) is 4. The Balaban J connectivity index is 1.58. The summed E-state index contributed by atoms with van der Waals surface area (Å²) in [7, 11) is 1.95. The Bertz CT molecular complexity index is 945. The minimum atomic E-state index is -0.101. The number of nitrogens with zero attached hydrogens (tertiary/aromatic N) is 3. The van der Waals surface area contributed by atoms with Gasteiger partial charge < -0.3 is 15.6 Å². The van der Waals surface area contributed by atoms with E-state index >= 15 is 0 Å². The number of amides is 1. The van der Waals surface area contributed by atoms with Gasteiger partial charge in [-0.15, -0.1) is 0 Å². The molecule has 1 aliphatic rings. The number of nitrogens with two attached hydrogens (primary N) is 1. The Morgan fingerprint density at radius 1 is 1.27 bits per heavy atom. The van der Waals surface area contributed by atoms with Gasteiger partial charge in [0, 0.05) is 30.6 Å². The quantitative estimate of drug-likeness (QED) is 0.743. The van der Waals surface area contributed by atoms with E-state index in [0.717, 1.165) is 29.9 Å². The third-order valence-electron chi connectivity index (χ3n) is 4.71. The van der Waals surface area contributed by atoms with Gasteiger partial charge in [0.15, 0.2) is 0 Å². The maximum atomic E-state index is 12.9. The molecular formula is C20H21N5O. The molecule has 1 aromatic carbocycles. The number of aromatic nitrogens is 3. The van der Waals surface area contributed by atoms with Gasteiger partial charge in [-0.2, -0.15) is 0 Å². The fourth-order valence-corrected chi connectivity index (χ4v) is 3.16. The summed E-state index contributed by atoms with van der Waals surface area (Å²) < 4.78 is 1.97. The van der Waals surface area contributed by atoms with Crippen LogP contribution >= 0.6 is 0 Å². The van der Waals surface area contributed by atoms with Gasteiger partial charge in [0.2, 0.25) is 0 Å². The molecule has 0 bridgehead atoms. The zero-order chi connectivity index (χ0) is 18.1. The Morgan fingerprint density at radius 3 is 2.77 bits per heavy atom. The molecule has 0 radical (unpaired) electrons. The molecule has 1 amide bonds. The number of anilines is 1. The molecule has 1 aliphatic carbocycles. The number of nitrogen functional groups attached to an aromatic ring is 1. The molecule has 1 fully saturated rings. The van der Waals surface area contributed by atoms with Gasteiger partial charge in [0.1, 0.15) is 11.6 Å².